The third-order valence-corrected chi connectivity index (χ3v) is 5.61. The summed E-state index contributed by atoms with van der Waals surface area (Å²) in [6.07, 6.45) is 9.33. The van der Waals surface area contributed by atoms with Gasteiger partial charge in [-0.05, 0) is 55.5 Å². The lowest BCUT2D eigenvalue weighted by Gasteiger charge is -2.31. The van der Waals surface area contributed by atoms with Crippen LogP contribution < -0.4 is 10.6 Å². The fraction of sp³-hybridized carbons (Fsp3) is 0.812. The Kier molecular flexibility index (Phi) is 4.20. The van der Waals surface area contributed by atoms with Gasteiger partial charge >= 0.3 is 0 Å². The second kappa shape index (κ2) is 5.92. The molecule has 2 aliphatic carbocycles. The molecule has 2 aliphatic rings. The van der Waals surface area contributed by atoms with Crippen molar-refractivity contribution in [1.29, 1.82) is 0 Å². The highest BCUT2D eigenvalue weighted by Crippen LogP contribution is 2.49. The smallest absolute Gasteiger partial charge is 0.142 e. The summed E-state index contributed by atoms with van der Waals surface area (Å²) in [7, 11) is 0. The highest BCUT2D eigenvalue weighted by molar-refractivity contribution is 7.10. The Labute approximate surface area is 126 Å². The molecule has 0 saturated heterocycles. The first-order chi connectivity index (χ1) is 9.66. The van der Waals surface area contributed by atoms with Gasteiger partial charge in [-0.3, -0.25) is 0 Å². The molecule has 2 saturated carbocycles. The lowest BCUT2D eigenvalue weighted by Crippen LogP contribution is -2.34. The molecule has 1 heterocycles. The molecule has 0 spiro atoms. The molecule has 0 unspecified atom stereocenters. The van der Waals surface area contributed by atoms with Gasteiger partial charge in [0.05, 0.1) is 0 Å². The van der Waals surface area contributed by atoms with E-state index in [9.17, 15) is 0 Å². The van der Waals surface area contributed by atoms with Gasteiger partial charge in [-0.25, -0.2) is 0 Å². The van der Waals surface area contributed by atoms with Crippen LogP contribution in [0.5, 0.6) is 0 Å². The molecule has 3 nitrogen and oxygen atoms in total. The average Bonchev–Trinajstić information content (AvgIpc) is 2.95. The molecule has 3 rings (SSSR count). The van der Waals surface area contributed by atoms with Crippen molar-refractivity contribution < 1.29 is 0 Å². The van der Waals surface area contributed by atoms with E-state index in [1.54, 1.807) is 11.5 Å². The van der Waals surface area contributed by atoms with Crippen molar-refractivity contribution >= 4 is 22.4 Å². The normalized spacial score (nSPS) is 19.9. The number of nitrogens with zero attached hydrogens (tertiary/aromatic N) is 2. The standard InChI is InChI=1S/C16H27N3S/c1-11(2)9-10-19(13-5-3-4-6-13)16-14(12-7-8-12)15(17)18-20-16/h11-13H,3-10H2,1-2H3,(H2,17,18). The van der Waals surface area contributed by atoms with Crippen molar-refractivity contribution in [3.05, 3.63) is 5.56 Å². The molecular formula is C16H27N3S. The van der Waals surface area contributed by atoms with Gasteiger partial charge in [0.1, 0.15) is 10.8 Å². The second-order valence-corrected chi connectivity index (χ2v) is 7.63. The van der Waals surface area contributed by atoms with Crippen molar-refractivity contribution in [3.8, 4) is 0 Å². The van der Waals surface area contributed by atoms with E-state index < -0.39 is 0 Å². The molecule has 2 N–H and O–H groups in total. The summed E-state index contributed by atoms with van der Waals surface area (Å²) < 4.78 is 4.48. The topological polar surface area (TPSA) is 42.2 Å². The minimum atomic E-state index is 0.701. The van der Waals surface area contributed by atoms with Crippen LogP contribution in [0.3, 0.4) is 0 Å². The van der Waals surface area contributed by atoms with Crippen molar-refractivity contribution in [1.82, 2.24) is 4.37 Å². The first kappa shape index (κ1) is 14.2. The number of nitrogens with two attached hydrogens (primary N) is 1. The fourth-order valence-corrected chi connectivity index (χ4v) is 4.32. The van der Waals surface area contributed by atoms with Crippen LogP contribution >= 0.6 is 11.5 Å². The SMILES string of the molecule is CC(C)CCN(c1snc(N)c1C1CC1)C1CCCC1. The van der Waals surface area contributed by atoms with Crippen LogP contribution in [0, 0.1) is 5.92 Å². The molecular weight excluding hydrogens is 266 g/mol. The summed E-state index contributed by atoms with van der Waals surface area (Å²) in [5.41, 5.74) is 7.53. The zero-order chi connectivity index (χ0) is 14.1. The van der Waals surface area contributed by atoms with Crippen LogP contribution in [-0.2, 0) is 0 Å². The number of anilines is 2. The van der Waals surface area contributed by atoms with Gasteiger partial charge in [0, 0.05) is 18.2 Å². The molecule has 0 aromatic carbocycles. The minimum Gasteiger partial charge on any atom is -0.383 e. The Morgan fingerprint density at radius 1 is 1.25 bits per heavy atom. The van der Waals surface area contributed by atoms with Crippen molar-refractivity contribution in [3.63, 3.8) is 0 Å². The zero-order valence-electron chi connectivity index (χ0n) is 12.8. The van der Waals surface area contributed by atoms with Crippen molar-refractivity contribution in [2.24, 2.45) is 5.92 Å². The maximum absolute atomic E-state index is 6.15. The van der Waals surface area contributed by atoms with Crippen molar-refractivity contribution in [2.45, 2.75) is 70.8 Å². The van der Waals surface area contributed by atoms with E-state index >= 15 is 0 Å². The number of hydrogen-bond donors (Lipinski definition) is 1. The molecule has 1 aromatic heterocycles. The third kappa shape index (κ3) is 2.95. The van der Waals surface area contributed by atoms with Gasteiger partial charge in [0.25, 0.3) is 0 Å². The molecule has 0 atom stereocenters. The van der Waals surface area contributed by atoms with Gasteiger partial charge in [0.15, 0.2) is 0 Å². The van der Waals surface area contributed by atoms with Crippen LogP contribution in [0.25, 0.3) is 0 Å². The lowest BCUT2D eigenvalue weighted by atomic mass is 10.1. The molecule has 0 bridgehead atoms. The van der Waals surface area contributed by atoms with Crippen molar-refractivity contribution in [2.75, 3.05) is 17.2 Å². The van der Waals surface area contributed by atoms with Gasteiger partial charge in [0.2, 0.25) is 0 Å². The Morgan fingerprint density at radius 2 is 1.95 bits per heavy atom. The monoisotopic (exact) mass is 293 g/mol. The van der Waals surface area contributed by atoms with Gasteiger partial charge in [-0.15, -0.1) is 0 Å². The summed E-state index contributed by atoms with van der Waals surface area (Å²) in [5, 5.41) is 1.40. The number of rotatable bonds is 6. The van der Waals surface area contributed by atoms with E-state index in [4.69, 9.17) is 5.73 Å². The van der Waals surface area contributed by atoms with E-state index in [0.29, 0.717) is 5.92 Å². The second-order valence-electron chi connectivity index (χ2n) is 6.88. The zero-order valence-corrected chi connectivity index (χ0v) is 13.6. The van der Waals surface area contributed by atoms with Gasteiger partial charge < -0.3 is 10.6 Å². The van der Waals surface area contributed by atoms with Gasteiger partial charge in [-0.1, -0.05) is 26.7 Å². The van der Waals surface area contributed by atoms with Crippen LogP contribution in [0.1, 0.15) is 70.3 Å². The Hall–Kier alpha value is -0.770. The average molecular weight is 293 g/mol. The van der Waals surface area contributed by atoms with E-state index in [1.807, 2.05) is 0 Å². The Bertz CT molecular complexity index is 445. The van der Waals surface area contributed by atoms with E-state index in [2.05, 4.69) is 23.1 Å². The maximum atomic E-state index is 6.15. The highest BCUT2D eigenvalue weighted by Gasteiger charge is 2.34. The molecule has 0 radical (unpaired) electrons. The molecule has 1 aromatic rings. The molecule has 0 amide bonds. The number of hydrogen-bond acceptors (Lipinski definition) is 4. The first-order valence-corrected chi connectivity index (χ1v) is 8.96. The van der Waals surface area contributed by atoms with Crippen LogP contribution in [-0.4, -0.2) is 17.0 Å². The summed E-state index contributed by atoms with van der Waals surface area (Å²) in [6, 6.07) is 0.728. The minimum absolute atomic E-state index is 0.701. The summed E-state index contributed by atoms with van der Waals surface area (Å²) >= 11 is 1.64. The molecule has 0 aliphatic heterocycles. The number of nitrogen functional groups attached to an aromatic ring is 1. The predicted molar refractivity (Wildman–Crippen MR) is 87.6 cm³/mol. The Morgan fingerprint density at radius 3 is 2.55 bits per heavy atom. The largest absolute Gasteiger partial charge is 0.383 e. The van der Waals surface area contributed by atoms with E-state index in [-0.39, 0.29) is 0 Å². The maximum Gasteiger partial charge on any atom is 0.142 e. The molecule has 2 fully saturated rings. The summed E-state index contributed by atoms with van der Waals surface area (Å²) in [6.45, 7) is 5.80. The van der Waals surface area contributed by atoms with Gasteiger partial charge in [-0.2, -0.15) is 4.37 Å². The van der Waals surface area contributed by atoms with Crippen LogP contribution in [0.4, 0.5) is 10.8 Å². The highest BCUT2D eigenvalue weighted by atomic mass is 32.1. The predicted octanol–water partition coefficient (Wildman–Crippen LogP) is 4.40. The van der Waals surface area contributed by atoms with Crippen LogP contribution in [0.15, 0.2) is 0 Å². The summed E-state index contributed by atoms with van der Waals surface area (Å²) in [5.74, 6) is 2.26. The third-order valence-electron chi connectivity index (χ3n) is 4.70. The number of aromatic nitrogens is 1. The molecule has 112 valence electrons. The first-order valence-electron chi connectivity index (χ1n) is 8.18. The van der Waals surface area contributed by atoms with E-state index in [1.165, 1.54) is 62.1 Å². The Balaban J connectivity index is 1.83. The van der Waals surface area contributed by atoms with E-state index in [0.717, 1.165) is 17.8 Å². The molecule has 4 heteroatoms. The lowest BCUT2D eigenvalue weighted by molar-refractivity contribution is 0.530. The fourth-order valence-electron chi connectivity index (χ4n) is 3.33. The summed E-state index contributed by atoms with van der Waals surface area (Å²) in [4.78, 5) is 2.66. The molecule has 20 heavy (non-hydrogen) atoms. The quantitative estimate of drug-likeness (QED) is 0.845. The van der Waals surface area contributed by atoms with Crippen LogP contribution in [0.2, 0.25) is 0 Å².